The molecule has 3 rings (SSSR count). The quantitative estimate of drug-likeness (QED) is 0.562. The summed E-state index contributed by atoms with van der Waals surface area (Å²) in [6, 6.07) is 9.24. The fourth-order valence-corrected chi connectivity index (χ4v) is 2.80. The maximum atomic E-state index is 12.6. The zero-order chi connectivity index (χ0) is 20.3. The first-order valence-corrected chi connectivity index (χ1v) is 8.93. The highest BCUT2D eigenvalue weighted by Gasteiger charge is 2.32. The summed E-state index contributed by atoms with van der Waals surface area (Å²) in [6.45, 7) is 2.34. The van der Waals surface area contributed by atoms with Crippen LogP contribution in [-0.2, 0) is 6.18 Å². The largest absolute Gasteiger partial charge is 0.493 e. The Kier molecular flexibility index (Phi) is 5.68. The Hall–Kier alpha value is -2.88. The fraction of sp³-hybridized carbons (Fsp3) is 0.167. The molecule has 0 atom stereocenters. The molecule has 0 amide bonds. The average Bonchev–Trinajstić information content (AvgIpc) is 2.62. The molecule has 28 heavy (non-hydrogen) atoms. The molecule has 2 aromatic heterocycles. The van der Waals surface area contributed by atoms with Crippen molar-refractivity contribution in [3.05, 3.63) is 52.8 Å². The second-order valence-electron chi connectivity index (χ2n) is 5.62. The maximum absolute atomic E-state index is 12.6. The molecule has 0 aliphatic carbocycles. The Morgan fingerprint density at radius 2 is 1.93 bits per heavy atom. The summed E-state index contributed by atoms with van der Waals surface area (Å²) in [6.07, 6.45) is -3.42. The Labute approximate surface area is 167 Å². The number of halogens is 4. The van der Waals surface area contributed by atoms with E-state index in [1.165, 1.54) is 6.07 Å². The van der Waals surface area contributed by atoms with Crippen molar-refractivity contribution in [1.29, 1.82) is 0 Å². The molecule has 3 N–H and O–H groups in total. The van der Waals surface area contributed by atoms with Crippen molar-refractivity contribution in [3.63, 3.8) is 0 Å². The second-order valence-corrected chi connectivity index (χ2v) is 6.54. The van der Waals surface area contributed by atoms with E-state index in [1.807, 2.05) is 19.1 Å². The molecule has 0 aliphatic rings. The number of hydrogen-bond donors (Lipinski definition) is 2. The number of anilines is 3. The van der Waals surface area contributed by atoms with E-state index in [2.05, 4.69) is 36.2 Å². The van der Waals surface area contributed by atoms with Gasteiger partial charge >= 0.3 is 6.18 Å². The monoisotopic (exact) mass is 453 g/mol. The number of ether oxygens (including phenoxy) is 1. The van der Waals surface area contributed by atoms with Crippen LogP contribution in [0.15, 0.2) is 47.1 Å². The average molecular weight is 454 g/mol. The van der Waals surface area contributed by atoms with Crippen molar-refractivity contribution in [2.45, 2.75) is 13.1 Å². The van der Waals surface area contributed by atoms with Gasteiger partial charge < -0.3 is 15.8 Å². The number of benzene rings is 1. The lowest BCUT2D eigenvalue weighted by molar-refractivity contribution is -0.141. The molecule has 2 heterocycles. The van der Waals surface area contributed by atoms with E-state index in [0.717, 1.165) is 16.7 Å². The van der Waals surface area contributed by atoms with Gasteiger partial charge in [-0.25, -0.2) is 9.97 Å². The lowest BCUT2D eigenvalue weighted by Crippen LogP contribution is -2.08. The fourth-order valence-electron chi connectivity index (χ4n) is 2.43. The Balaban J connectivity index is 1.93. The summed E-state index contributed by atoms with van der Waals surface area (Å²) < 4.78 is 44.4. The van der Waals surface area contributed by atoms with Crippen LogP contribution in [0.2, 0.25) is 0 Å². The van der Waals surface area contributed by atoms with Crippen LogP contribution in [0.25, 0.3) is 11.3 Å². The molecule has 0 bridgehead atoms. The second kappa shape index (κ2) is 8.01. The van der Waals surface area contributed by atoms with Crippen LogP contribution in [0.3, 0.4) is 0 Å². The number of pyridine rings is 1. The highest BCUT2D eigenvalue weighted by molar-refractivity contribution is 9.10. The number of aromatic nitrogens is 3. The van der Waals surface area contributed by atoms with Gasteiger partial charge in [-0.3, -0.25) is 0 Å². The molecule has 3 aromatic rings. The molecule has 6 nitrogen and oxygen atoms in total. The number of nitrogens with one attached hydrogen (secondary N) is 1. The smallest absolute Gasteiger partial charge is 0.433 e. The molecule has 0 saturated carbocycles. The lowest BCUT2D eigenvalue weighted by atomic mass is 10.1. The predicted octanol–water partition coefficient (Wildman–Crippen LogP) is 5.04. The maximum Gasteiger partial charge on any atom is 0.433 e. The number of hydrogen-bond acceptors (Lipinski definition) is 6. The van der Waals surface area contributed by atoms with Gasteiger partial charge in [0.1, 0.15) is 17.3 Å². The first kappa shape index (κ1) is 19.9. The number of nitrogens with two attached hydrogens (primary N) is 1. The van der Waals surface area contributed by atoms with Crippen molar-refractivity contribution in [1.82, 2.24) is 15.0 Å². The van der Waals surface area contributed by atoms with Crippen LogP contribution in [0, 0.1) is 0 Å². The zero-order valence-electron chi connectivity index (χ0n) is 14.6. The van der Waals surface area contributed by atoms with Crippen molar-refractivity contribution in [2.24, 2.45) is 0 Å². The van der Waals surface area contributed by atoms with Crippen LogP contribution < -0.4 is 15.8 Å². The van der Waals surface area contributed by atoms with Crippen LogP contribution in [-0.4, -0.2) is 21.6 Å². The Morgan fingerprint density at radius 3 is 2.57 bits per heavy atom. The highest BCUT2D eigenvalue weighted by atomic mass is 79.9. The van der Waals surface area contributed by atoms with Crippen LogP contribution in [0.5, 0.6) is 5.75 Å². The molecular formula is C18H15BrF3N5O. The van der Waals surface area contributed by atoms with Gasteiger partial charge in [0, 0.05) is 16.1 Å². The van der Waals surface area contributed by atoms with Gasteiger partial charge in [0.25, 0.3) is 0 Å². The Bertz CT molecular complexity index is 980. The van der Waals surface area contributed by atoms with Gasteiger partial charge in [-0.15, -0.1) is 0 Å². The van der Waals surface area contributed by atoms with Crippen LogP contribution in [0.1, 0.15) is 12.6 Å². The SMILES string of the molecule is CCOc1ccc(Br)cc1-c1cc(Nc2ccc(C(F)(F)F)nc2)nc(N)n1. The first-order valence-electron chi connectivity index (χ1n) is 8.14. The minimum atomic E-state index is -4.50. The molecule has 0 fully saturated rings. The minimum Gasteiger partial charge on any atom is -0.493 e. The van der Waals surface area contributed by atoms with Crippen LogP contribution >= 0.6 is 15.9 Å². The van der Waals surface area contributed by atoms with Gasteiger partial charge in [-0.05, 0) is 37.3 Å². The molecule has 0 aliphatic heterocycles. The summed E-state index contributed by atoms with van der Waals surface area (Å²) in [5, 5.41) is 2.89. The third-order valence-corrected chi connectivity index (χ3v) is 4.08. The zero-order valence-corrected chi connectivity index (χ0v) is 16.2. The number of alkyl halides is 3. The third-order valence-electron chi connectivity index (χ3n) is 3.59. The van der Waals surface area contributed by atoms with Gasteiger partial charge in [0.2, 0.25) is 5.95 Å². The number of nitrogens with zero attached hydrogens (tertiary/aromatic N) is 3. The molecule has 10 heteroatoms. The lowest BCUT2D eigenvalue weighted by Gasteiger charge is -2.13. The third kappa shape index (κ3) is 4.69. The first-order chi connectivity index (χ1) is 13.3. The molecule has 0 radical (unpaired) electrons. The predicted molar refractivity (Wildman–Crippen MR) is 103 cm³/mol. The minimum absolute atomic E-state index is 0.00212. The molecule has 0 saturated heterocycles. The van der Waals surface area contributed by atoms with Crippen molar-refractivity contribution >= 4 is 33.4 Å². The van der Waals surface area contributed by atoms with E-state index in [4.69, 9.17) is 10.5 Å². The molecule has 0 spiro atoms. The van der Waals surface area contributed by atoms with E-state index in [1.54, 1.807) is 12.1 Å². The molecular weight excluding hydrogens is 439 g/mol. The molecule has 1 aromatic carbocycles. The van der Waals surface area contributed by atoms with Crippen molar-refractivity contribution in [2.75, 3.05) is 17.7 Å². The van der Waals surface area contributed by atoms with E-state index >= 15 is 0 Å². The number of rotatable bonds is 5. The summed E-state index contributed by atoms with van der Waals surface area (Å²) in [5.41, 5.74) is 6.36. The highest BCUT2D eigenvalue weighted by Crippen LogP contribution is 2.33. The van der Waals surface area contributed by atoms with Gasteiger partial charge in [0.15, 0.2) is 0 Å². The summed E-state index contributed by atoms with van der Waals surface area (Å²) in [7, 11) is 0. The normalized spacial score (nSPS) is 11.3. The van der Waals surface area contributed by atoms with E-state index in [-0.39, 0.29) is 5.95 Å². The Morgan fingerprint density at radius 1 is 1.14 bits per heavy atom. The summed E-state index contributed by atoms with van der Waals surface area (Å²) in [5.74, 6) is 0.930. The molecule has 146 valence electrons. The topological polar surface area (TPSA) is 86.0 Å². The van der Waals surface area contributed by atoms with Crippen molar-refractivity contribution < 1.29 is 17.9 Å². The van der Waals surface area contributed by atoms with E-state index in [0.29, 0.717) is 35.1 Å². The van der Waals surface area contributed by atoms with Gasteiger partial charge in [0.05, 0.1) is 24.2 Å². The molecule has 0 unspecified atom stereocenters. The van der Waals surface area contributed by atoms with E-state index < -0.39 is 11.9 Å². The summed E-state index contributed by atoms with van der Waals surface area (Å²) in [4.78, 5) is 11.7. The van der Waals surface area contributed by atoms with E-state index in [9.17, 15) is 13.2 Å². The van der Waals surface area contributed by atoms with Crippen LogP contribution in [0.4, 0.5) is 30.6 Å². The summed E-state index contributed by atoms with van der Waals surface area (Å²) >= 11 is 3.41. The van der Waals surface area contributed by atoms with Crippen molar-refractivity contribution in [3.8, 4) is 17.0 Å². The standard InChI is InChI=1S/C18H15BrF3N5O/c1-2-28-14-5-3-10(19)7-12(14)13-8-16(27-17(23)26-13)25-11-4-6-15(24-9-11)18(20,21)22/h3-9H,2H2,1H3,(H3,23,25,26,27). The van der Waals surface area contributed by atoms with Gasteiger partial charge in [-0.1, -0.05) is 15.9 Å². The van der Waals surface area contributed by atoms with Gasteiger partial charge in [-0.2, -0.15) is 18.2 Å². The number of nitrogen functional groups attached to an aromatic ring is 1.